The quantitative estimate of drug-likeness (QED) is 0.582. The standard InChI is InChI=1S/C20H17NO5S2/c1-11-7-8-13(10-14(11)19(23)24)21-18(22)16(28-20(21)27)9-12-5-4-6-15(25-2)17(12)26-3/h4-10H,1-3H3,(H,23,24). The molecule has 1 aliphatic rings. The molecule has 0 bridgehead atoms. The Bertz CT molecular complexity index is 1020. The number of benzene rings is 2. The summed E-state index contributed by atoms with van der Waals surface area (Å²) in [6.45, 7) is 1.70. The number of aryl methyl sites for hydroxylation is 1. The Labute approximate surface area is 171 Å². The van der Waals surface area contributed by atoms with E-state index in [0.29, 0.717) is 37.5 Å². The molecule has 6 nitrogen and oxygen atoms in total. The molecule has 0 saturated carbocycles. The Morgan fingerprint density at radius 1 is 1.21 bits per heavy atom. The van der Waals surface area contributed by atoms with Crippen LogP contribution >= 0.6 is 24.0 Å². The number of thiocarbonyl (C=S) groups is 1. The molecule has 1 aliphatic heterocycles. The number of para-hydroxylation sites is 1. The van der Waals surface area contributed by atoms with E-state index in [0.717, 1.165) is 11.8 Å². The van der Waals surface area contributed by atoms with Crippen molar-refractivity contribution in [3.63, 3.8) is 0 Å². The summed E-state index contributed by atoms with van der Waals surface area (Å²) in [5.41, 5.74) is 1.84. The van der Waals surface area contributed by atoms with Gasteiger partial charge in [0.1, 0.15) is 0 Å². The van der Waals surface area contributed by atoms with E-state index >= 15 is 0 Å². The van der Waals surface area contributed by atoms with Gasteiger partial charge in [-0.1, -0.05) is 42.2 Å². The van der Waals surface area contributed by atoms with Crippen molar-refractivity contribution >= 4 is 51.9 Å². The summed E-state index contributed by atoms with van der Waals surface area (Å²) in [4.78, 5) is 26.1. The number of carbonyl (C=O) groups is 2. The summed E-state index contributed by atoms with van der Waals surface area (Å²) < 4.78 is 11.0. The molecule has 0 spiro atoms. The molecule has 1 heterocycles. The van der Waals surface area contributed by atoms with Crippen LogP contribution in [0.4, 0.5) is 5.69 Å². The first-order chi connectivity index (χ1) is 13.4. The van der Waals surface area contributed by atoms with Crippen molar-refractivity contribution in [1.82, 2.24) is 0 Å². The minimum Gasteiger partial charge on any atom is -0.493 e. The molecule has 1 amide bonds. The van der Waals surface area contributed by atoms with Gasteiger partial charge < -0.3 is 14.6 Å². The third kappa shape index (κ3) is 3.61. The number of carboxylic acids is 1. The van der Waals surface area contributed by atoms with Gasteiger partial charge in [-0.3, -0.25) is 9.69 Å². The van der Waals surface area contributed by atoms with Crippen LogP contribution in [-0.4, -0.2) is 35.5 Å². The van der Waals surface area contributed by atoms with E-state index < -0.39 is 5.97 Å². The van der Waals surface area contributed by atoms with Crippen LogP contribution in [0.3, 0.4) is 0 Å². The number of anilines is 1. The monoisotopic (exact) mass is 415 g/mol. The van der Waals surface area contributed by atoms with Crippen molar-refractivity contribution in [3.8, 4) is 11.5 Å². The largest absolute Gasteiger partial charge is 0.493 e. The molecule has 0 atom stereocenters. The van der Waals surface area contributed by atoms with Crippen LogP contribution in [-0.2, 0) is 4.79 Å². The predicted molar refractivity (Wildman–Crippen MR) is 113 cm³/mol. The van der Waals surface area contributed by atoms with Gasteiger partial charge in [-0.25, -0.2) is 4.79 Å². The Kier molecular flexibility index (Phi) is 5.71. The highest BCUT2D eigenvalue weighted by Crippen LogP contribution is 2.39. The third-order valence-electron chi connectivity index (χ3n) is 4.22. The summed E-state index contributed by atoms with van der Waals surface area (Å²) in [6, 6.07) is 10.2. The summed E-state index contributed by atoms with van der Waals surface area (Å²) >= 11 is 6.52. The van der Waals surface area contributed by atoms with Crippen LogP contribution in [0.25, 0.3) is 6.08 Å². The molecule has 144 valence electrons. The summed E-state index contributed by atoms with van der Waals surface area (Å²) in [5.74, 6) is -0.309. The van der Waals surface area contributed by atoms with E-state index in [1.54, 1.807) is 44.4 Å². The zero-order valence-corrected chi connectivity index (χ0v) is 17.0. The smallest absolute Gasteiger partial charge is 0.336 e. The molecule has 1 fully saturated rings. The molecule has 1 saturated heterocycles. The van der Waals surface area contributed by atoms with Gasteiger partial charge in [0.25, 0.3) is 5.91 Å². The molecule has 0 radical (unpaired) electrons. The van der Waals surface area contributed by atoms with Gasteiger partial charge in [0.05, 0.1) is 30.4 Å². The Balaban J connectivity index is 2.00. The first-order valence-corrected chi connectivity index (χ1v) is 9.42. The molecule has 0 aromatic heterocycles. The minimum atomic E-state index is -1.05. The third-order valence-corrected chi connectivity index (χ3v) is 5.53. The number of carboxylic acid groups (broad SMARTS) is 1. The zero-order valence-electron chi connectivity index (χ0n) is 15.4. The molecule has 2 aromatic rings. The maximum absolute atomic E-state index is 13.0. The topological polar surface area (TPSA) is 76.1 Å². The number of hydrogen-bond donors (Lipinski definition) is 1. The van der Waals surface area contributed by atoms with Gasteiger partial charge in [-0.15, -0.1) is 0 Å². The Morgan fingerprint density at radius 2 is 1.96 bits per heavy atom. The van der Waals surface area contributed by atoms with Crippen molar-refractivity contribution in [1.29, 1.82) is 0 Å². The van der Waals surface area contributed by atoms with Crippen LogP contribution in [0, 0.1) is 6.92 Å². The van der Waals surface area contributed by atoms with Crippen molar-refractivity contribution in [3.05, 3.63) is 58.0 Å². The van der Waals surface area contributed by atoms with E-state index in [-0.39, 0.29) is 11.5 Å². The van der Waals surface area contributed by atoms with Crippen molar-refractivity contribution in [2.45, 2.75) is 6.92 Å². The highest BCUT2D eigenvalue weighted by atomic mass is 32.2. The van der Waals surface area contributed by atoms with Crippen LogP contribution in [0.1, 0.15) is 21.5 Å². The number of thioether (sulfide) groups is 1. The van der Waals surface area contributed by atoms with E-state index in [2.05, 4.69) is 0 Å². The van der Waals surface area contributed by atoms with Gasteiger partial charge in [-0.2, -0.15) is 0 Å². The van der Waals surface area contributed by atoms with E-state index in [1.807, 2.05) is 6.07 Å². The molecule has 0 aliphatic carbocycles. The predicted octanol–water partition coefficient (Wildman–Crippen LogP) is 4.12. The lowest BCUT2D eigenvalue weighted by Gasteiger charge is -2.16. The Hall–Kier alpha value is -2.84. The maximum atomic E-state index is 13.0. The average molecular weight is 415 g/mol. The number of hydrogen-bond acceptors (Lipinski definition) is 6. The van der Waals surface area contributed by atoms with Crippen molar-refractivity contribution < 1.29 is 24.2 Å². The van der Waals surface area contributed by atoms with Crippen LogP contribution in [0.5, 0.6) is 11.5 Å². The van der Waals surface area contributed by atoms with Gasteiger partial charge in [-0.05, 0) is 36.8 Å². The first-order valence-electron chi connectivity index (χ1n) is 8.20. The number of carbonyl (C=O) groups excluding carboxylic acids is 1. The van der Waals surface area contributed by atoms with Crippen molar-refractivity contribution in [2.75, 3.05) is 19.1 Å². The SMILES string of the molecule is COc1cccc(C=C2SC(=S)N(c3ccc(C)c(C(=O)O)c3)C2=O)c1OC. The van der Waals surface area contributed by atoms with Crippen LogP contribution in [0.15, 0.2) is 41.3 Å². The second kappa shape index (κ2) is 8.04. The molecule has 0 unspecified atom stereocenters. The lowest BCUT2D eigenvalue weighted by atomic mass is 10.1. The average Bonchev–Trinajstić information content (AvgIpc) is 2.95. The van der Waals surface area contributed by atoms with Crippen molar-refractivity contribution in [2.24, 2.45) is 0 Å². The molecule has 3 rings (SSSR count). The number of nitrogens with zero attached hydrogens (tertiary/aromatic N) is 1. The van der Waals surface area contributed by atoms with Crippen LogP contribution < -0.4 is 14.4 Å². The molecule has 28 heavy (non-hydrogen) atoms. The fourth-order valence-corrected chi connectivity index (χ4v) is 4.13. The van der Waals surface area contributed by atoms with Crippen LogP contribution in [0.2, 0.25) is 0 Å². The number of ether oxygens (including phenoxy) is 2. The number of amides is 1. The fraction of sp³-hybridized carbons (Fsp3) is 0.150. The molecule has 8 heteroatoms. The number of rotatable bonds is 5. The van der Waals surface area contributed by atoms with E-state index in [1.165, 1.54) is 18.1 Å². The molecular weight excluding hydrogens is 398 g/mol. The second-order valence-corrected chi connectivity index (χ2v) is 7.58. The number of methoxy groups -OCH3 is 2. The van der Waals surface area contributed by atoms with E-state index in [4.69, 9.17) is 21.7 Å². The van der Waals surface area contributed by atoms with Gasteiger partial charge in [0.2, 0.25) is 0 Å². The fourth-order valence-electron chi connectivity index (χ4n) is 2.84. The highest BCUT2D eigenvalue weighted by molar-refractivity contribution is 8.27. The molecular formula is C20H17NO5S2. The van der Waals surface area contributed by atoms with E-state index in [9.17, 15) is 14.7 Å². The number of aromatic carboxylic acids is 1. The lowest BCUT2D eigenvalue weighted by Crippen LogP contribution is -2.27. The maximum Gasteiger partial charge on any atom is 0.336 e. The van der Waals surface area contributed by atoms with Gasteiger partial charge >= 0.3 is 5.97 Å². The van der Waals surface area contributed by atoms with Gasteiger partial charge in [0, 0.05) is 5.56 Å². The van der Waals surface area contributed by atoms with Gasteiger partial charge in [0.15, 0.2) is 15.8 Å². The molecule has 1 N–H and O–H groups in total. The summed E-state index contributed by atoms with van der Waals surface area (Å²) in [7, 11) is 3.07. The Morgan fingerprint density at radius 3 is 2.61 bits per heavy atom. The highest BCUT2D eigenvalue weighted by Gasteiger charge is 2.34. The lowest BCUT2D eigenvalue weighted by molar-refractivity contribution is -0.113. The first kappa shape index (κ1) is 19.9. The zero-order chi connectivity index (χ0) is 20.4. The second-order valence-electron chi connectivity index (χ2n) is 5.90. The molecule has 2 aromatic carbocycles. The normalized spacial score (nSPS) is 15.2. The minimum absolute atomic E-state index is 0.130. The summed E-state index contributed by atoms with van der Waals surface area (Å²) in [5, 5.41) is 9.34. The summed E-state index contributed by atoms with van der Waals surface area (Å²) in [6.07, 6.45) is 1.69.